The topological polar surface area (TPSA) is 72.6 Å². The van der Waals surface area contributed by atoms with E-state index in [2.05, 4.69) is 4.98 Å². The highest BCUT2D eigenvalue weighted by molar-refractivity contribution is 5.23. The van der Waals surface area contributed by atoms with Crippen LogP contribution in [-0.4, -0.2) is 9.91 Å². The van der Waals surface area contributed by atoms with Gasteiger partial charge in [0.15, 0.2) is 6.20 Å². The van der Waals surface area contributed by atoms with Crippen molar-refractivity contribution in [1.29, 1.82) is 0 Å². The summed E-state index contributed by atoms with van der Waals surface area (Å²) >= 11 is 0. The van der Waals surface area contributed by atoms with E-state index >= 15 is 0 Å². The van der Waals surface area contributed by atoms with Gasteiger partial charge in [-0.05, 0) is 18.6 Å². The molecule has 0 atom stereocenters. The van der Waals surface area contributed by atoms with E-state index in [1.54, 1.807) is 11.5 Å². The zero-order valence-electron chi connectivity index (χ0n) is 8.10. The molecule has 1 aromatic rings. The molecule has 0 aromatic carbocycles. The molecule has 5 nitrogen and oxygen atoms in total. The van der Waals surface area contributed by atoms with Gasteiger partial charge in [-0.3, -0.25) is 15.4 Å². The van der Waals surface area contributed by atoms with Gasteiger partial charge >= 0.3 is 0 Å². The Morgan fingerprint density at radius 3 is 3.00 bits per heavy atom. The van der Waals surface area contributed by atoms with Gasteiger partial charge < -0.3 is 0 Å². The van der Waals surface area contributed by atoms with Crippen LogP contribution < -0.4 is 5.32 Å². The Morgan fingerprint density at radius 1 is 1.71 bits per heavy atom. The molecule has 2 N–H and O–H groups in total. The highest BCUT2D eigenvalue weighted by Gasteiger charge is 2.04. The summed E-state index contributed by atoms with van der Waals surface area (Å²) in [7, 11) is 0. The molecule has 0 aliphatic rings. The minimum Gasteiger partial charge on any atom is -0.266 e. The van der Waals surface area contributed by atoms with Gasteiger partial charge in [0.2, 0.25) is 5.82 Å². The van der Waals surface area contributed by atoms with Gasteiger partial charge in [-0.1, -0.05) is 0 Å². The smallest absolute Gasteiger partial charge is 0.266 e. The molecule has 1 aromatic heterocycles. The molecule has 0 amide bonds. The zero-order valence-corrected chi connectivity index (χ0v) is 8.10. The van der Waals surface area contributed by atoms with Gasteiger partial charge in [-0.25, -0.2) is 4.98 Å². The van der Waals surface area contributed by atoms with Crippen LogP contribution in [0, 0.1) is 17.0 Å². The number of rotatable bonds is 3. The Labute approximate surface area is 81.6 Å². The third kappa shape index (κ3) is 2.95. The van der Waals surface area contributed by atoms with Gasteiger partial charge in [0.1, 0.15) is 0 Å². The summed E-state index contributed by atoms with van der Waals surface area (Å²) in [6.07, 6.45) is 3.12. The second-order valence-corrected chi connectivity index (χ2v) is 2.99. The Hall–Kier alpha value is -1.75. The Kier molecular flexibility index (Phi) is 3.30. The lowest BCUT2D eigenvalue weighted by molar-refractivity contribution is -0.519. The lowest BCUT2D eigenvalue weighted by Crippen LogP contribution is -2.72. The van der Waals surface area contributed by atoms with Crippen LogP contribution in [-0.2, 0) is 0 Å². The van der Waals surface area contributed by atoms with Crippen LogP contribution in [0.15, 0.2) is 30.2 Å². The van der Waals surface area contributed by atoms with Crippen molar-refractivity contribution in [2.45, 2.75) is 13.8 Å². The Bertz CT molecular complexity index is 374. The van der Waals surface area contributed by atoms with E-state index in [1.807, 2.05) is 19.1 Å². The van der Waals surface area contributed by atoms with Crippen LogP contribution in [0.5, 0.6) is 0 Å². The van der Waals surface area contributed by atoms with Crippen LogP contribution in [0.2, 0.25) is 0 Å². The summed E-state index contributed by atoms with van der Waals surface area (Å²) in [5.74, 6) is 0.728. The average Bonchev–Trinajstić information content (AvgIpc) is 2.14. The standard InChI is InChI=1S/C9H11N3O2/c1-7-3-4-10-9(5-7)11-6-8(2)12(13)14/h3-6H,1-2H3,(H,10,11)/p+1/b8-6+. The highest BCUT2D eigenvalue weighted by atomic mass is 16.6. The molecule has 5 heteroatoms. The number of nitrogens with two attached hydrogens (primary N) is 1. The summed E-state index contributed by atoms with van der Waals surface area (Å²) in [6.45, 7) is 3.40. The summed E-state index contributed by atoms with van der Waals surface area (Å²) in [6, 6.07) is 3.74. The summed E-state index contributed by atoms with van der Waals surface area (Å²) in [4.78, 5) is 13.9. The fourth-order valence-corrected chi connectivity index (χ4v) is 0.918. The molecule has 0 aliphatic carbocycles. The minimum absolute atomic E-state index is 0.105. The molecular weight excluding hydrogens is 182 g/mol. The van der Waals surface area contributed by atoms with Crippen molar-refractivity contribution < 1.29 is 10.2 Å². The van der Waals surface area contributed by atoms with Crippen LogP contribution in [0.1, 0.15) is 12.5 Å². The first-order valence-electron chi connectivity index (χ1n) is 4.18. The van der Waals surface area contributed by atoms with Crippen molar-refractivity contribution in [1.82, 2.24) is 4.98 Å². The second-order valence-electron chi connectivity index (χ2n) is 2.99. The lowest BCUT2D eigenvalue weighted by Gasteiger charge is -1.94. The van der Waals surface area contributed by atoms with E-state index in [4.69, 9.17) is 0 Å². The molecular formula is C9H12N3O2+. The third-order valence-electron chi connectivity index (χ3n) is 1.72. The van der Waals surface area contributed by atoms with Gasteiger partial charge in [-0.15, -0.1) is 0 Å². The van der Waals surface area contributed by atoms with Crippen molar-refractivity contribution in [3.63, 3.8) is 0 Å². The quantitative estimate of drug-likeness (QED) is 0.569. The fourth-order valence-electron chi connectivity index (χ4n) is 0.918. The molecule has 74 valence electrons. The minimum atomic E-state index is -0.424. The van der Waals surface area contributed by atoms with Crippen molar-refractivity contribution in [2.75, 3.05) is 0 Å². The van der Waals surface area contributed by atoms with Crippen LogP contribution in [0.25, 0.3) is 0 Å². The fraction of sp³-hybridized carbons (Fsp3) is 0.222. The van der Waals surface area contributed by atoms with E-state index in [0.29, 0.717) is 0 Å². The Morgan fingerprint density at radius 2 is 2.43 bits per heavy atom. The molecule has 0 radical (unpaired) electrons. The molecule has 14 heavy (non-hydrogen) atoms. The SMILES string of the molecule is C/C(=C\[NH2+]c1cc(C)ccn1)[N+](=O)[O-]. The molecule has 0 spiro atoms. The lowest BCUT2D eigenvalue weighted by atomic mass is 10.3. The largest absolute Gasteiger partial charge is 0.295 e. The molecule has 1 rings (SSSR count). The van der Waals surface area contributed by atoms with Crippen LogP contribution >= 0.6 is 0 Å². The molecule has 0 bridgehead atoms. The zero-order chi connectivity index (χ0) is 10.6. The van der Waals surface area contributed by atoms with Crippen LogP contribution in [0.4, 0.5) is 5.82 Å². The summed E-state index contributed by atoms with van der Waals surface area (Å²) in [5.41, 5.74) is 1.19. The molecule has 0 saturated carbocycles. The van der Waals surface area contributed by atoms with Crippen LogP contribution in [0.3, 0.4) is 0 Å². The first-order valence-corrected chi connectivity index (χ1v) is 4.18. The van der Waals surface area contributed by atoms with E-state index in [0.717, 1.165) is 11.4 Å². The van der Waals surface area contributed by atoms with E-state index in [-0.39, 0.29) is 5.70 Å². The van der Waals surface area contributed by atoms with E-state index < -0.39 is 4.92 Å². The summed E-state index contributed by atoms with van der Waals surface area (Å²) in [5, 5.41) is 11.9. The average molecular weight is 194 g/mol. The van der Waals surface area contributed by atoms with Crippen molar-refractivity contribution in [3.8, 4) is 0 Å². The third-order valence-corrected chi connectivity index (χ3v) is 1.72. The van der Waals surface area contributed by atoms with Gasteiger partial charge in [-0.2, -0.15) is 0 Å². The van der Waals surface area contributed by atoms with Crippen molar-refractivity contribution in [2.24, 2.45) is 0 Å². The van der Waals surface area contributed by atoms with E-state index in [9.17, 15) is 10.1 Å². The number of nitro groups is 1. The second kappa shape index (κ2) is 4.48. The maximum absolute atomic E-state index is 10.3. The number of aromatic nitrogens is 1. The first kappa shape index (κ1) is 10.3. The molecule has 0 aliphatic heterocycles. The maximum atomic E-state index is 10.3. The molecule has 0 fully saturated rings. The molecule has 1 heterocycles. The number of quaternary nitrogens is 1. The van der Waals surface area contributed by atoms with Crippen molar-refractivity contribution in [3.05, 3.63) is 45.9 Å². The van der Waals surface area contributed by atoms with Crippen molar-refractivity contribution >= 4 is 5.82 Å². The van der Waals surface area contributed by atoms with E-state index in [1.165, 1.54) is 13.1 Å². The monoisotopic (exact) mass is 194 g/mol. The highest BCUT2D eigenvalue weighted by Crippen LogP contribution is 1.99. The Balaban J connectivity index is 2.71. The number of aryl methyl sites for hydroxylation is 1. The summed E-state index contributed by atoms with van der Waals surface area (Å²) < 4.78 is 0. The molecule has 0 unspecified atom stereocenters. The number of hydrogen-bond acceptors (Lipinski definition) is 3. The predicted molar refractivity (Wildman–Crippen MR) is 51.3 cm³/mol. The predicted octanol–water partition coefficient (Wildman–Crippen LogP) is 0.723. The number of allylic oxidation sites excluding steroid dienone is 1. The number of nitrogens with zero attached hydrogens (tertiary/aromatic N) is 2. The van der Waals surface area contributed by atoms with Gasteiger partial charge in [0.05, 0.1) is 4.92 Å². The number of hydrogen-bond donors (Lipinski definition) is 1. The number of pyridine rings is 1. The first-order chi connectivity index (χ1) is 6.59. The maximum Gasteiger partial charge on any atom is 0.295 e. The molecule has 0 saturated heterocycles. The normalized spacial score (nSPS) is 11.4. The van der Waals surface area contributed by atoms with Gasteiger partial charge in [0.25, 0.3) is 5.70 Å². The van der Waals surface area contributed by atoms with Gasteiger partial charge in [0, 0.05) is 19.2 Å².